The predicted octanol–water partition coefficient (Wildman–Crippen LogP) is 3.13. The molecule has 2 aliphatic rings. The van der Waals surface area contributed by atoms with Crippen molar-refractivity contribution in [1.29, 1.82) is 0 Å². The van der Waals surface area contributed by atoms with Crippen LogP contribution in [0.15, 0.2) is 60.8 Å². The van der Waals surface area contributed by atoms with Crippen LogP contribution in [0, 0.1) is 0 Å². The highest BCUT2D eigenvalue weighted by Gasteiger charge is 2.16. The zero-order valence-corrected chi connectivity index (χ0v) is 17.6. The first kappa shape index (κ1) is 19.2. The number of ether oxygens (including phenoxy) is 1. The van der Waals surface area contributed by atoms with Crippen molar-refractivity contribution in [3.05, 3.63) is 60.8 Å². The smallest absolute Gasteiger partial charge is 0.0741 e. The van der Waals surface area contributed by atoms with E-state index in [0.29, 0.717) is 0 Å². The van der Waals surface area contributed by atoms with Gasteiger partial charge in [0.15, 0.2) is 0 Å². The molecule has 2 aromatic carbocycles. The summed E-state index contributed by atoms with van der Waals surface area (Å²) in [5.41, 5.74) is 5.91. The van der Waals surface area contributed by atoms with E-state index < -0.39 is 0 Å². The number of piperazine rings is 1. The highest BCUT2D eigenvalue weighted by atomic mass is 16.5. The van der Waals surface area contributed by atoms with Gasteiger partial charge in [0.2, 0.25) is 0 Å². The number of aromatic nitrogens is 2. The van der Waals surface area contributed by atoms with Gasteiger partial charge in [0.25, 0.3) is 0 Å². The normalized spacial score (nSPS) is 18.0. The van der Waals surface area contributed by atoms with E-state index in [1.807, 2.05) is 10.9 Å². The number of anilines is 2. The van der Waals surface area contributed by atoms with E-state index in [0.717, 1.165) is 63.9 Å². The summed E-state index contributed by atoms with van der Waals surface area (Å²) < 4.78 is 7.53. The first-order valence-corrected chi connectivity index (χ1v) is 10.8. The lowest BCUT2D eigenvalue weighted by molar-refractivity contribution is 0.122. The Bertz CT molecular complexity index is 969. The van der Waals surface area contributed by atoms with E-state index in [2.05, 4.69) is 81.4 Å². The molecule has 0 amide bonds. The summed E-state index contributed by atoms with van der Waals surface area (Å²) >= 11 is 0. The van der Waals surface area contributed by atoms with Crippen LogP contribution in [0.2, 0.25) is 0 Å². The van der Waals surface area contributed by atoms with Crippen LogP contribution in [-0.4, -0.2) is 74.2 Å². The number of likely N-dealkylation sites (N-methyl/N-ethyl adjacent to an activating group) is 1. The van der Waals surface area contributed by atoms with Gasteiger partial charge in [-0.2, -0.15) is 5.10 Å². The van der Waals surface area contributed by atoms with E-state index in [9.17, 15) is 0 Å². The molecule has 30 heavy (non-hydrogen) atoms. The highest BCUT2D eigenvalue weighted by molar-refractivity contribution is 5.68. The molecule has 0 saturated carbocycles. The Morgan fingerprint density at radius 3 is 2.20 bits per heavy atom. The Labute approximate surface area is 178 Å². The summed E-state index contributed by atoms with van der Waals surface area (Å²) in [7, 11) is 2.19. The maximum absolute atomic E-state index is 5.50. The average Bonchev–Trinajstić information content (AvgIpc) is 3.30. The maximum atomic E-state index is 5.50. The molecule has 5 rings (SSSR count). The molecule has 2 saturated heterocycles. The third kappa shape index (κ3) is 3.93. The van der Waals surface area contributed by atoms with Crippen LogP contribution in [0.1, 0.15) is 0 Å². The summed E-state index contributed by atoms with van der Waals surface area (Å²) in [6, 6.07) is 19.6. The van der Waals surface area contributed by atoms with Crippen molar-refractivity contribution in [2.75, 3.05) is 69.3 Å². The van der Waals surface area contributed by atoms with Gasteiger partial charge in [0.05, 0.1) is 30.8 Å². The van der Waals surface area contributed by atoms with E-state index in [-0.39, 0.29) is 0 Å². The van der Waals surface area contributed by atoms with Crippen LogP contribution in [0.4, 0.5) is 11.4 Å². The Balaban J connectivity index is 1.38. The summed E-state index contributed by atoms with van der Waals surface area (Å²) in [5, 5.41) is 4.62. The molecule has 156 valence electrons. The Kier molecular flexibility index (Phi) is 5.43. The standard InChI is InChI=1S/C24H29N5O/c1-26-11-13-27(14-12-26)21-5-7-22(8-6-21)29-24(9-10-25-29)20-3-2-4-23(19-20)28-15-17-30-18-16-28/h2-10,19H,11-18H2,1H3. The minimum absolute atomic E-state index is 0.793. The molecule has 0 N–H and O–H groups in total. The average molecular weight is 404 g/mol. The van der Waals surface area contributed by atoms with Crippen LogP contribution >= 0.6 is 0 Å². The lowest BCUT2D eigenvalue weighted by Gasteiger charge is -2.34. The van der Waals surface area contributed by atoms with Gasteiger partial charge in [-0.15, -0.1) is 0 Å². The van der Waals surface area contributed by atoms with Gasteiger partial charge in [-0.1, -0.05) is 12.1 Å². The predicted molar refractivity (Wildman–Crippen MR) is 122 cm³/mol. The van der Waals surface area contributed by atoms with E-state index in [4.69, 9.17) is 4.74 Å². The quantitative estimate of drug-likeness (QED) is 0.669. The van der Waals surface area contributed by atoms with Crippen molar-refractivity contribution < 1.29 is 4.74 Å². The van der Waals surface area contributed by atoms with Crippen molar-refractivity contribution in [1.82, 2.24) is 14.7 Å². The Morgan fingerprint density at radius 2 is 1.43 bits per heavy atom. The third-order valence-electron chi connectivity index (χ3n) is 6.12. The van der Waals surface area contributed by atoms with Gasteiger partial charge in [-0.25, -0.2) is 4.68 Å². The Hall–Kier alpha value is -2.83. The summed E-state index contributed by atoms with van der Waals surface area (Å²) in [4.78, 5) is 7.23. The molecule has 1 aromatic heterocycles. The van der Waals surface area contributed by atoms with E-state index >= 15 is 0 Å². The highest BCUT2D eigenvalue weighted by Crippen LogP contribution is 2.28. The number of nitrogens with zero attached hydrogens (tertiary/aromatic N) is 5. The molecule has 2 fully saturated rings. The molecule has 0 spiro atoms. The van der Waals surface area contributed by atoms with Crippen LogP contribution in [-0.2, 0) is 4.74 Å². The number of rotatable bonds is 4. The zero-order chi connectivity index (χ0) is 20.3. The van der Waals surface area contributed by atoms with Gasteiger partial charge in [0, 0.05) is 56.2 Å². The Morgan fingerprint density at radius 1 is 0.733 bits per heavy atom. The molecule has 0 radical (unpaired) electrons. The van der Waals surface area contributed by atoms with Crippen molar-refractivity contribution in [2.45, 2.75) is 0 Å². The molecule has 0 unspecified atom stereocenters. The van der Waals surface area contributed by atoms with Gasteiger partial charge in [-0.05, 0) is 49.5 Å². The second-order valence-electron chi connectivity index (χ2n) is 8.08. The van der Waals surface area contributed by atoms with Crippen LogP contribution in [0.25, 0.3) is 16.9 Å². The van der Waals surface area contributed by atoms with Gasteiger partial charge < -0.3 is 19.4 Å². The minimum Gasteiger partial charge on any atom is -0.378 e. The van der Waals surface area contributed by atoms with Crippen molar-refractivity contribution in [2.24, 2.45) is 0 Å². The number of hydrogen-bond acceptors (Lipinski definition) is 5. The van der Waals surface area contributed by atoms with E-state index in [1.54, 1.807) is 0 Å². The molecule has 6 nitrogen and oxygen atoms in total. The number of morpholine rings is 1. The maximum Gasteiger partial charge on any atom is 0.0741 e. The molecular formula is C24H29N5O. The van der Waals surface area contributed by atoms with Crippen molar-refractivity contribution in [3.63, 3.8) is 0 Å². The monoisotopic (exact) mass is 403 g/mol. The SMILES string of the molecule is CN1CCN(c2ccc(-n3nccc3-c3cccc(N4CCOCC4)c3)cc2)CC1. The summed E-state index contributed by atoms with van der Waals surface area (Å²) in [6.45, 7) is 7.86. The van der Waals surface area contributed by atoms with Crippen molar-refractivity contribution >= 4 is 11.4 Å². The summed E-state index contributed by atoms with van der Waals surface area (Å²) in [6.07, 6.45) is 1.88. The first-order valence-electron chi connectivity index (χ1n) is 10.8. The lowest BCUT2D eigenvalue weighted by atomic mass is 10.1. The molecule has 6 heteroatoms. The second-order valence-corrected chi connectivity index (χ2v) is 8.08. The zero-order valence-electron chi connectivity index (χ0n) is 17.6. The van der Waals surface area contributed by atoms with Gasteiger partial charge >= 0.3 is 0 Å². The van der Waals surface area contributed by atoms with Crippen LogP contribution < -0.4 is 9.80 Å². The summed E-state index contributed by atoms with van der Waals surface area (Å²) in [5.74, 6) is 0. The van der Waals surface area contributed by atoms with Crippen LogP contribution in [0.5, 0.6) is 0 Å². The lowest BCUT2D eigenvalue weighted by Crippen LogP contribution is -2.44. The second kappa shape index (κ2) is 8.50. The fourth-order valence-electron chi connectivity index (χ4n) is 4.28. The number of hydrogen-bond donors (Lipinski definition) is 0. The third-order valence-corrected chi connectivity index (χ3v) is 6.12. The first-order chi connectivity index (χ1) is 14.8. The fraction of sp³-hybridized carbons (Fsp3) is 0.375. The molecule has 3 aromatic rings. The topological polar surface area (TPSA) is 36.8 Å². The van der Waals surface area contributed by atoms with E-state index in [1.165, 1.54) is 16.9 Å². The van der Waals surface area contributed by atoms with Crippen LogP contribution in [0.3, 0.4) is 0 Å². The molecule has 2 aliphatic heterocycles. The largest absolute Gasteiger partial charge is 0.378 e. The molecule has 3 heterocycles. The molecule has 0 atom stereocenters. The fourth-order valence-corrected chi connectivity index (χ4v) is 4.28. The molecule has 0 bridgehead atoms. The number of benzene rings is 2. The molecule has 0 aliphatic carbocycles. The molecular weight excluding hydrogens is 374 g/mol. The minimum atomic E-state index is 0.793. The van der Waals surface area contributed by atoms with Gasteiger partial charge in [-0.3, -0.25) is 0 Å². The van der Waals surface area contributed by atoms with Crippen molar-refractivity contribution in [3.8, 4) is 16.9 Å². The van der Waals surface area contributed by atoms with Gasteiger partial charge in [0.1, 0.15) is 0 Å².